The monoisotopic (exact) mass is 549 g/mol. The molecule has 0 saturated carbocycles. The first-order valence-corrected chi connectivity index (χ1v) is 12.7. The molecule has 0 spiro atoms. The van der Waals surface area contributed by atoms with E-state index in [4.69, 9.17) is 14.1 Å². The van der Waals surface area contributed by atoms with Crippen molar-refractivity contribution in [1.82, 2.24) is 15.7 Å². The summed E-state index contributed by atoms with van der Waals surface area (Å²) in [6, 6.07) is 7.85. The van der Waals surface area contributed by atoms with E-state index in [1.54, 1.807) is 18.2 Å². The van der Waals surface area contributed by atoms with Crippen LogP contribution in [-0.4, -0.2) is 84.7 Å². The topological polar surface area (TPSA) is 181 Å². The summed E-state index contributed by atoms with van der Waals surface area (Å²) in [7, 11) is -2.38. The number of rotatable bonds is 7. The molecule has 15 heteroatoms. The first-order chi connectivity index (χ1) is 19.2. The van der Waals surface area contributed by atoms with Crippen molar-refractivity contribution in [3.8, 4) is 0 Å². The van der Waals surface area contributed by atoms with E-state index < -0.39 is 56.4 Å². The van der Waals surface area contributed by atoms with E-state index in [9.17, 15) is 34.0 Å². The number of benzene rings is 2. The maximum absolute atomic E-state index is 13.1. The average molecular weight is 549 g/mol. The highest BCUT2D eigenvalue weighted by Crippen LogP contribution is 2.14. The molecule has 13 nitrogen and oxygen atoms in total. The van der Waals surface area contributed by atoms with Gasteiger partial charge in [-0.1, -0.05) is 12.1 Å². The molecule has 0 aliphatic carbocycles. The highest BCUT2D eigenvalue weighted by molar-refractivity contribution is 6.61. The second kappa shape index (κ2) is 11.6. The molecule has 2 aromatic rings. The number of hydrogen-bond donors (Lipinski definition) is 4. The average Bonchev–Trinajstić information content (AvgIpc) is 3.27. The third kappa shape index (κ3) is 5.77. The minimum atomic E-state index is -1.50. The molecule has 2 aromatic carbocycles. The fraction of sp³-hybridized carbons (Fsp3) is 0.320. The van der Waals surface area contributed by atoms with E-state index in [0.29, 0.717) is 42.0 Å². The number of imide groups is 1. The van der Waals surface area contributed by atoms with E-state index in [0.717, 1.165) is 11.1 Å². The van der Waals surface area contributed by atoms with Crippen molar-refractivity contribution in [2.24, 2.45) is 0 Å². The fourth-order valence-corrected chi connectivity index (χ4v) is 4.67. The van der Waals surface area contributed by atoms with Crippen molar-refractivity contribution in [1.29, 1.82) is 0 Å². The number of carbonyl (C=O) groups excluding carboxylic acids is 5. The molecule has 3 aliphatic heterocycles. The number of fused-ring (bicyclic) bond motifs is 2. The van der Waals surface area contributed by atoms with Gasteiger partial charge < -0.3 is 34.8 Å². The van der Waals surface area contributed by atoms with Crippen molar-refractivity contribution in [3.05, 3.63) is 58.7 Å². The molecule has 4 N–H and O–H groups in total. The summed E-state index contributed by atoms with van der Waals surface area (Å²) in [5, 5.41) is 25.6. The molecule has 5 rings (SSSR count). The van der Waals surface area contributed by atoms with E-state index in [1.807, 2.05) is 0 Å². The maximum atomic E-state index is 13.1. The third-order valence-corrected chi connectivity index (χ3v) is 6.89. The van der Waals surface area contributed by atoms with Crippen LogP contribution in [0.1, 0.15) is 44.7 Å². The predicted molar refractivity (Wildman–Crippen MR) is 138 cm³/mol. The summed E-state index contributed by atoms with van der Waals surface area (Å²) in [5.41, 5.74) is 2.79. The van der Waals surface area contributed by atoms with Gasteiger partial charge in [-0.2, -0.15) is 0 Å². The second-order valence-corrected chi connectivity index (χ2v) is 9.50. The van der Waals surface area contributed by atoms with Gasteiger partial charge in [0.1, 0.15) is 6.04 Å². The quantitative estimate of drug-likeness (QED) is 0.210. The van der Waals surface area contributed by atoms with E-state index in [2.05, 4.69) is 10.6 Å². The van der Waals surface area contributed by atoms with Crippen LogP contribution in [0.5, 0.6) is 0 Å². The van der Waals surface area contributed by atoms with Gasteiger partial charge in [0, 0.05) is 43.7 Å². The highest BCUT2D eigenvalue weighted by atomic mass is 16.7. The molecule has 1 atom stereocenters. The maximum Gasteiger partial charge on any atom is 0.491 e. The Hall–Kier alpha value is -4.04. The number of amides is 4. The molecule has 40 heavy (non-hydrogen) atoms. The van der Waals surface area contributed by atoms with Crippen LogP contribution in [-0.2, 0) is 41.4 Å². The zero-order chi connectivity index (χ0) is 28.4. The summed E-state index contributed by atoms with van der Waals surface area (Å²) in [6.45, 7) is 0.228. The SMILES string of the molecule is O=C(NC[C@H](NC(=O)c1ccc2c(c1)B(O)OCC2)C(=O)ON1C(=O)CCC1=O)c1ccc2c(c1)B(O)OCC2. The van der Waals surface area contributed by atoms with Crippen LogP contribution < -0.4 is 21.6 Å². The lowest BCUT2D eigenvalue weighted by Crippen LogP contribution is -2.51. The Bertz CT molecular complexity index is 1370. The van der Waals surface area contributed by atoms with Crippen molar-refractivity contribution in [2.45, 2.75) is 31.7 Å². The van der Waals surface area contributed by atoms with Crippen LogP contribution in [0.25, 0.3) is 0 Å². The van der Waals surface area contributed by atoms with Gasteiger partial charge in [-0.15, -0.1) is 5.06 Å². The molecule has 206 valence electrons. The van der Waals surface area contributed by atoms with Gasteiger partial charge in [-0.25, -0.2) is 4.79 Å². The molecule has 3 aliphatic rings. The number of nitrogens with one attached hydrogen (secondary N) is 2. The first kappa shape index (κ1) is 27.5. The Balaban J connectivity index is 1.32. The van der Waals surface area contributed by atoms with Crippen molar-refractivity contribution in [3.63, 3.8) is 0 Å². The van der Waals surface area contributed by atoms with Gasteiger partial charge in [-0.3, -0.25) is 19.2 Å². The number of carbonyl (C=O) groups is 5. The Morgan fingerprint density at radius 1 is 0.850 bits per heavy atom. The summed E-state index contributed by atoms with van der Waals surface area (Å²) >= 11 is 0. The normalized spacial score (nSPS) is 17.2. The zero-order valence-electron chi connectivity index (χ0n) is 21.3. The van der Waals surface area contributed by atoms with E-state index in [1.165, 1.54) is 18.2 Å². The van der Waals surface area contributed by atoms with Gasteiger partial charge in [-0.05, 0) is 59.2 Å². The number of hydrogen-bond acceptors (Lipinski definition) is 10. The molecule has 3 heterocycles. The molecule has 1 saturated heterocycles. The van der Waals surface area contributed by atoms with Gasteiger partial charge in [0.15, 0.2) is 0 Å². The van der Waals surface area contributed by atoms with Crippen LogP contribution >= 0.6 is 0 Å². The Labute approximate surface area is 229 Å². The Kier molecular flexibility index (Phi) is 7.98. The summed E-state index contributed by atoms with van der Waals surface area (Å²) < 4.78 is 10.4. The molecule has 0 bridgehead atoms. The molecule has 1 fully saturated rings. The smallest absolute Gasteiger partial charge is 0.423 e. The lowest BCUT2D eigenvalue weighted by molar-refractivity contribution is -0.198. The summed E-state index contributed by atoms with van der Waals surface area (Å²) in [4.78, 5) is 67.9. The number of hydroxylamine groups is 2. The second-order valence-electron chi connectivity index (χ2n) is 9.50. The Morgan fingerprint density at radius 2 is 1.38 bits per heavy atom. The molecule has 4 amide bonds. The lowest BCUT2D eigenvalue weighted by atomic mass is 9.73. The summed E-state index contributed by atoms with van der Waals surface area (Å²) in [6.07, 6.45) is 0.896. The largest absolute Gasteiger partial charge is 0.491 e. The minimum absolute atomic E-state index is 0.101. The van der Waals surface area contributed by atoms with E-state index >= 15 is 0 Å². The molecule has 0 unspecified atom stereocenters. The van der Waals surface area contributed by atoms with Gasteiger partial charge in [0.05, 0.1) is 0 Å². The Morgan fingerprint density at radius 3 is 1.93 bits per heavy atom. The van der Waals surface area contributed by atoms with Gasteiger partial charge in [0.25, 0.3) is 23.6 Å². The zero-order valence-corrected chi connectivity index (χ0v) is 21.3. The van der Waals surface area contributed by atoms with Crippen molar-refractivity contribution < 1.29 is 48.2 Å². The molecular weight excluding hydrogens is 524 g/mol. The standard InChI is InChI=1S/C25H25B2N3O10/c31-21-5-6-22(32)30(21)40-25(35)20(29-24(34)17-4-2-15-8-10-39-27(37)19(15)12-17)13-28-23(33)16-3-1-14-7-9-38-26(36)18(14)11-16/h1-4,11-12,20,36-37H,5-10,13H2,(H,28,33)(H,29,34)/t20-/m0/s1. The van der Waals surface area contributed by atoms with Gasteiger partial charge in [0.2, 0.25) is 0 Å². The van der Waals surface area contributed by atoms with Crippen LogP contribution in [0.15, 0.2) is 36.4 Å². The minimum Gasteiger partial charge on any atom is -0.423 e. The lowest BCUT2D eigenvalue weighted by Gasteiger charge is -2.22. The van der Waals surface area contributed by atoms with Crippen molar-refractivity contribution in [2.75, 3.05) is 19.8 Å². The van der Waals surface area contributed by atoms with Crippen LogP contribution in [0.2, 0.25) is 0 Å². The first-order valence-electron chi connectivity index (χ1n) is 12.7. The van der Waals surface area contributed by atoms with E-state index in [-0.39, 0.29) is 24.0 Å². The van der Waals surface area contributed by atoms with Crippen LogP contribution in [0, 0.1) is 0 Å². The van der Waals surface area contributed by atoms with Gasteiger partial charge >= 0.3 is 20.2 Å². The van der Waals surface area contributed by atoms with Crippen LogP contribution in [0.3, 0.4) is 0 Å². The fourth-order valence-electron chi connectivity index (χ4n) is 4.67. The molecule has 0 radical (unpaired) electrons. The third-order valence-electron chi connectivity index (χ3n) is 6.89. The summed E-state index contributed by atoms with van der Waals surface area (Å²) in [5.74, 6) is -3.90. The molecule has 0 aromatic heterocycles. The highest BCUT2D eigenvalue weighted by Gasteiger charge is 2.36. The predicted octanol–water partition coefficient (Wildman–Crippen LogP) is -2.66. The van der Waals surface area contributed by atoms with Crippen LogP contribution in [0.4, 0.5) is 0 Å². The van der Waals surface area contributed by atoms with Crippen molar-refractivity contribution >= 4 is 54.8 Å². The number of nitrogens with zero attached hydrogens (tertiary/aromatic N) is 1. The molecular formula is C25H25B2N3O10.